The molecule has 1 aliphatic rings. The summed E-state index contributed by atoms with van der Waals surface area (Å²) in [5.41, 5.74) is 0.614. The van der Waals surface area contributed by atoms with Gasteiger partial charge in [-0.1, -0.05) is 41.6 Å². The van der Waals surface area contributed by atoms with E-state index in [0.717, 1.165) is 42.6 Å². The van der Waals surface area contributed by atoms with Crippen LogP contribution in [0.3, 0.4) is 0 Å². The summed E-state index contributed by atoms with van der Waals surface area (Å²) in [6.07, 6.45) is 0. The molecule has 2 aromatic rings. The van der Waals surface area contributed by atoms with Gasteiger partial charge in [-0.15, -0.1) is 0 Å². The molecular formula is C19H21ClN2O2S. The van der Waals surface area contributed by atoms with E-state index >= 15 is 0 Å². The molecule has 1 heterocycles. The molecule has 2 aromatic carbocycles. The van der Waals surface area contributed by atoms with Gasteiger partial charge in [0.15, 0.2) is 0 Å². The molecule has 0 spiro atoms. The molecule has 1 N–H and O–H groups in total. The Kier molecular flexibility index (Phi) is 6.76. The second-order valence-corrected chi connectivity index (χ2v) is 7.32. The van der Waals surface area contributed by atoms with Crippen molar-refractivity contribution >= 4 is 29.3 Å². The van der Waals surface area contributed by atoms with Crippen molar-refractivity contribution in [3.63, 3.8) is 0 Å². The number of nitrogens with zero attached hydrogens (tertiary/aromatic N) is 1. The molecule has 0 aromatic heterocycles. The van der Waals surface area contributed by atoms with Gasteiger partial charge in [0.2, 0.25) is 0 Å². The number of benzene rings is 2. The van der Waals surface area contributed by atoms with Gasteiger partial charge in [0.1, 0.15) is 0 Å². The highest BCUT2D eigenvalue weighted by molar-refractivity contribution is 7.99. The molecule has 0 radical (unpaired) electrons. The molecule has 4 nitrogen and oxygen atoms in total. The molecular weight excluding hydrogens is 356 g/mol. The highest BCUT2D eigenvalue weighted by Crippen LogP contribution is 2.31. The van der Waals surface area contributed by atoms with Crippen molar-refractivity contribution in [3.8, 4) is 0 Å². The first-order valence-electron chi connectivity index (χ1n) is 8.33. The van der Waals surface area contributed by atoms with E-state index in [1.807, 2.05) is 42.5 Å². The van der Waals surface area contributed by atoms with Gasteiger partial charge >= 0.3 is 0 Å². The quantitative estimate of drug-likeness (QED) is 0.837. The molecule has 0 unspecified atom stereocenters. The van der Waals surface area contributed by atoms with Crippen LogP contribution in [0, 0.1) is 0 Å². The fourth-order valence-electron chi connectivity index (χ4n) is 2.63. The zero-order valence-corrected chi connectivity index (χ0v) is 15.5. The Morgan fingerprint density at radius 3 is 2.68 bits per heavy atom. The summed E-state index contributed by atoms with van der Waals surface area (Å²) in [6, 6.07) is 15.5. The van der Waals surface area contributed by atoms with Gasteiger partial charge in [-0.3, -0.25) is 9.69 Å². The highest BCUT2D eigenvalue weighted by atomic mass is 35.5. The van der Waals surface area contributed by atoms with E-state index in [-0.39, 0.29) is 5.91 Å². The van der Waals surface area contributed by atoms with Crippen molar-refractivity contribution < 1.29 is 9.53 Å². The molecule has 1 saturated heterocycles. The zero-order chi connectivity index (χ0) is 17.5. The predicted molar refractivity (Wildman–Crippen MR) is 102 cm³/mol. The summed E-state index contributed by atoms with van der Waals surface area (Å²) in [5.74, 6) is -0.0887. The lowest BCUT2D eigenvalue weighted by atomic mass is 10.2. The summed E-state index contributed by atoms with van der Waals surface area (Å²) >= 11 is 7.67. The number of morpholine rings is 1. The number of nitrogens with one attached hydrogen (secondary N) is 1. The molecule has 6 heteroatoms. The Labute approximate surface area is 157 Å². The van der Waals surface area contributed by atoms with Crippen molar-refractivity contribution in [2.45, 2.75) is 9.79 Å². The number of rotatable bonds is 6. The van der Waals surface area contributed by atoms with Gasteiger partial charge in [-0.25, -0.2) is 0 Å². The van der Waals surface area contributed by atoms with Gasteiger partial charge in [0.25, 0.3) is 5.91 Å². The number of hydrogen-bond donors (Lipinski definition) is 1. The van der Waals surface area contributed by atoms with E-state index in [1.54, 1.807) is 17.8 Å². The maximum Gasteiger partial charge on any atom is 0.252 e. The van der Waals surface area contributed by atoms with Crippen LogP contribution >= 0.6 is 23.4 Å². The summed E-state index contributed by atoms with van der Waals surface area (Å²) in [4.78, 5) is 16.9. The Hall–Kier alpha value is -1.53. The summed E-state index contributed by atoms with van der Waals surface area (Å²) < 4.78 is 5.34. The molecule has 1 amide bonds. The highest BCUT2D eigenvalue weighted by Gasteiger charge is 2.14. The number of carbonyl (C=O) groups excluding carboxylic acids is 1. The van der Waals surface area contributed by atoms with Crippen LogP contribution in [0.25, 0.3) is 0 Å². The van der Waals surface area contributed by atoms with Crippen LogP contribution < -0.4 is 5.32 Å². The number of halogens is 1. The largest absolute Gasteiger partial charge is 0.379 e. The van der Waals surface area contributed by atoms with E-state index in [2.05, 4.69) is 10.2 Å². The Morgan fingerprint density at radius 1 is 1.16 bits per heavy atom. The van der Waals surface area contributed by atoms with Gasteiger partial charge in [-0.05, 0) is 30.3 Å². The Bertz CT molecular complexity index is 706. The fraction of sp³-hybridized carbons (Fsp3) is 0.316. The summed E-state index contributed by atoms with van der Waals surface area (Å²) in [6.45, 7) is 4.81. The predicted octanol–water partition coefficient (Wildman–Crippen LogP) is 3.55. The Morgan fingerprint density at radius 2 is 1.92 bits per heavy atom. The minimum atomic E-state index is -0.0887. The van der Waals surface area contributed by atoms with Gasteiger partial charge in [0.05, 0.1) is 18.8 Å². The van der Waals surface area contributed by atoms with Crippen LogP contribution in [-0.4, -0.2) is 50.2 Å². The molecule has 25 heavy (non-hydrogen) atoms. The van der Waals surface area contributed by atoms with Crippen molar-refractivity contribution in [3.05, 3.63) is 59.1 Å². The number of ether oxygens (including phenoxy) is 1. The average molecular weight is 377 g/mol. The summed E-state index contributed by atoms with van der Waals surface area (Å²) in [7, 11) is 0. The van der Waals surface area contributed by atoms with E-state index < -0.39 is 0 Å². The minimum absolute atomic E-state index is 0.0887. The minimum Gasteiger partial charge on any atom is -0.379 e. The third kappa shape index (κ3) is 5.47. The van der Waals surface area contributed by atoms with Gasteiger partial charge < -0.3 is 10.1 Å². The number of amides is 1. The van der Waals surface area contributed by atoms with Crippen LogP contribution in [0.1, 0.15) is 10.4 Å². The van der Waals surface area contributed by atoms with E-state index in [4.69, 9.17) is 16.3 Å². The van der Waals surface area contributed by atoms with Crippen LogP contribution in [0.5, 0.6) is 0 Å². The fourth-order valence-corrected chi connectivity index (χ4v) is 3.75. The standard InChI is InChI=1S/C19H21ClN2O2S/c20-15-6-7-18(25-16-4-2-1-3-5-16)17(14-15)19(23)21-8-9-22-10-12-24-13-11-22/h1-7,14H,8-13H2,(H,21,23). The van der Waals surface area contributed by atoms with E-state index in [0.29, 0.717) is 17.1 Å². The first-order valence-corrected chi connectivity index (χ1v) is 9.52. The third-order valence-electron chi connectivity index (χ3n) is 3.97. The molecule has 0 atom stereocenters. The average Bonchev–Trinajstić information content (AvgIpc) is 2.65. The van der Waals surface area contributed by atoms with Crippen LogP contribution in [0.4, 0.5) is 0 Å². The topological polar surface area (TPSA) is 41.6 Å². The first-order chi connectivity index (χ1) is 12.2. The second kappa shape index (κ2) is 9.25. The normalized spacial score (nSPS) is 15.1. The molecule has 0 aliphatic carbocycles. The van der Waals surface area contributed by atoms with Crippen LogP contribution in [-0.2, 0) is 4.74 Å². The SMILES string of the molecule is O=C(NCCN1CCOCC1)c1cc(Cl)ccc1Sc1ccccc1. The lowest BCUT2D eigenvalue weighted by molar-refractivity contribution is 0.0383. The van der Waals surface area contributed by atoms with Crippen molar-refractivity contribution in [2.24, 2.45) is 0 Å². The molecule has 1 aliphatic heterocycles. The molecule has 0 bridgehead atoms. The van der Waals surface area contributed by atoms with Gasteiger partial charge in [0, 0.05) is 41.0 Å². The molecule has 3 rings (SSSR count). The van der Waals surface area contributed by atoms with E-state index in [9.17, 15) is 4.79 Å². The summed E-state index contributed by atoms with van der Waals surface area (Å²) in [5, 5.41) is 3.57. The zero-order valence-electron chi connectivity index (χ0n) is 13.9. The van der Waals surface area contributed by atoms with Crippen molar-refractivity contribution in [1.82, 2.24) is 10.2 Å². The first kappa shape index (κ1) is 18.3. The lowest BCUT2D eigenvalue weighted by Crippen LogP contribution is -2.41. The van der Waals surface area contributed by atoms with Crippen molar-refractivity contribution in [2.75, 3.05) is 39.4 Å². The third-order valence-corrected chi connectivity index (χ3v) is 5.29. The maximum absolute atomic E-state index is 12.6. The smallest absolute Gasteiger partial charge is 0.252 e. The number of carbonyl (C=O) groups is 1. The monoisotopic (exact) mass is 376 g/mol. The Balaban J connectivity index is 1.63. The number of hydrogen-bond acceptors (Lipinski definition) is 4. The lowest BCUT2D eigenvalue weighted by Gasteiger charge is -2.26. The second-order valence-electron chi connectivity index (χ2n) is 5.77. The van der Waals surface area contributed by atoms with Crippen molar-refractivity contribution in [1.29, 1.82) is 0 Å². The molecule has 1 fully saturated rings. The van der Waals surface area contributed by atoms with E-state index in [1.165, 1.54) is 0 Å². The molecule has 132 valence electrons. The van der Waals surface area contributed by atoms with Crippen LogP contribution in [0.15, 0.2) is 58.3 Å². The van der Waals surface area contributed by atoms with Crippen LogP contribution in [0.2, 0.25) is 5.02 Å². The maximum atomic E-state index is 12.6. The molecule has 0 saturated carbocycles. The van der Waals surface area contributed by atoms with Gasteiger partial charge in [-0.2, -0.15) is 0 Å².